The van der Waals surface area contributed by atoms with Crippen LogP contribution in [0.4, 0.5) is 0 Å². The molecule has 24 heavy (non-hydrogen) atoms. The topological polar surface area (TPSA) is 43.1 Å². The summed E-state index contributed by atoms with van der Waals surface area (Å²) >= 11 is 0. The van der Waals surface area contributed by atoms with Gasteiger partial charge in [0.15, 0.2) is 5.65 Å². The van der Waals surface area contributed by atoms with Crippen molar-refractivity contribution in [2.24, 2.45) is 0 Å². The first kappa shape index (κ1) is 14.1. The summed E-state index contributed by atoms with van der Waals surface area (Å²) in [5, 5.41) is 9.22. The molecule has 122 valence electrons. The molecule has 0 amide bonds. The van der Waals surface area contributed by atoms with Crippen molar-refractivity contribution < 1.29 is 0 Å². The van der Waals surface area contributed by atoms with Crippen LogP contribution in [0.1, 0.15) is 66.2 Å². The third-order valence-corrected chi connectivity index (χ3v) is 5.85. The summed E-state index contributed by atoms with van der Waals surface area (Å²) in [6, 6.07) is 6.81. The van der Waals surface area contributed by atoms with Crippen molar-refractivity contribution >= 4 is 5.65 Å². The lowest BCUT2D eigenvalue weighted by Gasteiger charge is -2.41. The normalized spacial score (nSPS) is 19.4. The Bertz CT molecular complexity index is 932. The van der Waals surface area contributed by atoms with E-state index < -0.39 is 0 Å². The van der Waals surface area contributed by atoms with Gasteiger partial charge in [0.25, 0.3) is 0 Å². The maximum atomic E-state index is 4.67. The highest BCUT2D eigenvalue weighted by Gasteiger charge is 2.45. The second kappa shape index (κ2) is 4.88. The molecule has 2 heterocycles. The van der Waals surface area contributed by atoms with Gasteiger partial charge in [0.1, 0.15) is 5.82 Å². The van der Waals surface area contributed by atoms with Gasteiger partial charge in [-0.05, 0) is 50.7 Å². The number of fused-ring (bicyclic) bond motifs is 1. The van der Waals surface area contributed by atoms with Gasteiger partial charge in [-0.3, -0.25) is 9.38 Å². The van der Waals surface area contributed by atoms with Crippen LogP contribution in [0.25, 0.3) is 5.65 Å². The second-order valence-electron chi connectivity index (χ2n) is 7.56. The van der Waals surface area contributed by atoms with E-state index in [2.05, 4.69) is 51.6 Å². The highest BCUT2D eigenvalue weighted by molar-refractivity contribution is 5.50. The van der Waals surface area contributed by atoms with Crippen LogP contribution in [0.5, 0.6) is 0 Å². The molecule has 2 saturated carbocycles. The van der Waals surface area contributed by atoms with Gasteiger partial charge in [-0.25, -0.2) is 0 Å². The zero-order chi connectivity index (χ0) is 16.3. The molecule has 2 aliphatic carbocycles. The maximum absolute atomic E-state index is 4.67. The third-order valence-electron chi connectivity index (χ3n) is 5.85. The lowest BCUT2D eigenvalue weighted by molar-refractivity contribution is 0.281. The Kier molecular flexibility index (Phi) is 2.88. The predicted octanol–water partition coefficient (Wildman–Crippen LogP) is 4.09. The van der Waals surface area contributed by atoms with Crippen LogP contribution in [-0.2, 0) is 5.41 Å². The molecule has 2 aromatic heterocycles. The van der Waals surface area contributed by atoms with Gasteiger partial charge >= 0.3 is 0 Å². The Hall–Kier alpha value is -2.23. The molecule has 0 saturated heterocycles. The van der Waals surface area contributed by atoms with Crippen molar-refractivity contribution in [2.75, 3.05) is 0 Å². The Labute approximate surface area is 142 Å². The molecule has 0 spiro atoms. The first-order chi connectivity index (χ1) is 11.7. The highest BCUT2D eigenvalue weighted by atomic mass is 15.3. The monoisotopic (exact) mass is 318 g/mol. The maximum Gasteiger partial charge on any atom is 0.182 e. The Balaban J connectivity index is 1.71. The van der Waals surface area contributed by atoms with E-state index in [1.807, 2.05) is 12.4 Å². The number of rotatable bonds is 3. The average Bonchev–Trinajstić information content (AvgIpc) is 3.28. The van der Waals surface area contributed by atoms with Crippen LogP contribution < -0.4 is 0 Å². The minimum Gasteiger partial charge on any atom is -0.283 e. The van der Waals surface area contributed by atoms with Gasteiger partial charge in [-0.2, -0.15) is 0 Å². The summed E-state index contributed by atoms with van der Waals surface area (Å²) < 4.78 is 2.21. The summed E-state index contributed by atoms with van der Waals surface area (Å²) in [5.74, 6) is 1.68. The number of aromatic nitrogens is 4. The van der Waals surface area contributed by atoms with Crippen LogP contribution in [0, 0.1) is 13.8 Å². The molecular weight excluding hydrogens is 296 g/mol. The van der Waals surface area contributed by atoms with E-state index in [1.165, 1.54) is 36.0 Å². The summed E-state index contributed by atoms with van der Waals surface area (Å²) in [7, 11) is 0. The van der Waals surface area contributed by atoms with Crippen molar-refractivity contribution in [3.05, 3.63) is 58.8 Å². The minimum absolute atomic E-state index is 0.0133. The number of benzene rings is 1. The van der Waals surface area contributed by atoms with Crippen LogP contribution in [-0.4, -0.2) is 19.6 Å². The molecule has 4 nitrogen and oxygen atoms in total. The number of hydrogen-bond acceptors (Lipinski definition) is 3. The van der Waals surface area contributed by atoms with Crippen LogP contribution >= 0.6 is 0 Å². The van der Waals surface area contributed by atoms with E-state index in [1.54, 1.807) is 0 Å². The molecule has 0 unspecified atom stereocenters. The minimum atomic E-state index is 0.0133. The van der Waals surface area contributed by atoms with E-state index in [0.29, 0.717) is 5.92 Å². The molecule has 4 heteroatoms. The summed E-state index contributed by atoms with van der Waals surface area (Å²) in [4.78, 5) is 4.59. The number of aryl methyl sites for hydroxylation is 2. The van der Waals surface area contributed by atoms with E-state index in [0.717, 1.165) is 30.0 Å². The van der Waals surface area contributed by atoms with Gasteiger partial charge in [0.2, 0.25) is 0 Å². The standard InChI is InChI=1S/C20H22N4/c1-13-4-7-16(14(2)12-13)20(8-3-9-20)19-23-22-18-17(15-5-6-15)21-10-11-24(18)19/h4,7,10-12,15H,3,5-6,8-9H2,1-2H3. The van der Waals surface area contributed by atoms with Gasteiger partial charge in [0, 0.05) is 18.3 Å². The van der Waals surface area contributed by atoms with Gasteiger partial charge in [-0.1, -0.05) is 30.2 Å². The number of hydrogen-bond donors (Lipinski definition) is 0. The fraction of sp³-hybridized carbons (Fsp3) is 0.450. The molecule has 0 aliphatic heterocycles. The largest absolute Gasteiger partial charge is 0.283 e. The van der Waals surface area contributed by atoms with Crippen molar-refractivity contribution in [2.45, 2.75) is 57.3 Å². The van der Waals surface area contributed by atoms with Gasteiger partial charge in [0.05, 0.1) is 11.1 Å². The molecular formula is C20H22N4. The van der Waals surface area contributed by atoms with Crippen molar-refractivity contribution in [3.63, 3.8) is 0 Å². The molecule has 2 fully saturated rings. The first-order valence-corrected chi connectivity index (χ1v) is 8.97. The second-order valence-corrected chi connectivity index (χ2v) is 7.56. The van der Waals surface area contributed by atoms with Crippen molar-refractivity contribution in [1.29, 1.82) is 0 Å². The fourth-order valence-corrected chi connectivity index (χ4v) is 4.31. The molecule has 5 rings (SSSR count). The zero-order valence-corrected chi connectivity index (χ0v) is 14.3. The van der Waals surface area contributed by atoms with E-state index >= 15 is 0 Å². The smallest absolute Gasteiger partial charge is 0.182 e. The molecule has 0 atom stereocenters. The van der Waals surface area contributed by atoms with E-state index in [-0.39, 0.29) is 5.41 Å². The Morgan fingerprint density at radius 3 is 2.62 bits per heavy atom. The lowest BCUT2D eigenvalue weighted by atomic mass is 9.62. The summed E-state index contributed by atoms with van der Waals surface area (Å²) in [6.07, 6.45) is 9.98. The van der Waals surface area contributed by atoms with E-state index in [9.17, 15) is 0 Å². The predicted molar refractivity (Wildman–Crippen MR) is 93.3 cm³/mol. The van der Waals surface area contributed by atoms with Gasteiger partial charge < -0.3 is 0 Å². The third kappa shape index (κ3) is 1.89. The van der Waals surface area contributed by atoms with Gasteiger partial charge in [-0.15, -0.1) is 10.2 Å². The van der Waals surface area contributed by atoms with Crippen molar-refractivity contribution in [1.82, 2.24) is 19.6 Å². The molecule has 0 N–H and O–H groups in total. The van der Waals surface area contributed by atoms with Crippen LogP contribution in [0.2, 0.25) is 0 Å². The quantitative estimate of drug-likeness (QED) is 0.730. The summed E-state index contributed by atoms with van der Waals surface area (Å²) in [6.45, 7) is 4.38. The summed E-state index contributed by atoms with van der Waals surface area (Å²) in [5.41, 5.74) is 6.20. The average molecular weight is 318 g/mol. The van der Waals surface area contributed by atoms with E-state index in [4.69, 9.17) is 0 Å². The zero-order valence-electron chi connectivity index (χ0n) is 14.3. The number of nitrogens with zero attached hydrogens (tertiary/aromatic N) is 4. The molecule has 2 aliphatic rings. The molecule has 3 aromatic rings. The molecule has 1 aromatic carbocycles. The highest BCUT2D eigenvalue weighted by Crippen LogP contribution is 2.50. The van der Waals surface area contributed by atoms with Crippen LogP contribution in [0.15, 0.2) is 30.6 Å². The van der Waals surface area contributed by atoms with Crippen molar-refractivity contribution in [3.8, 4) is 0 Å². The Morgan fingerprint density at radius 2 is 1.96 bits per heavy atom. The lowest BCUT2D eigenvalue weighted by Crippen LogP contribution is -2.38. The van der Waals surface area contributed by atoms with Crippen LogP contribution in [0.3, 0.4) is 0 Å². The SMILES string of the molecule is Cc1ccc(C2(c3nnc4c(C5CC5)nccn34)CCC2)c(C)c1. The first-order valence-electron chi connectivity index (χ1n) is 8.97. The fourth-order valence-electron chi connectivity index (χ4n) is 4.31. The molecule has 0 bridgehead atoms. The molecule has 0 radical (unpaired) electrons. The Morgan fingerprint density at radius 1 is 1.12 bits per heavy atom.